The van der Waals surface area contributed by atoms with Crippen molar-refractivity contribution >= 4 is 6.09 Å². The first-order chi connectivity index (χ1) is 11.2. The summed E-state index contributed by atoms with van der Waals surface area (Å²) in [7, 11) is 1.48. The van der Waals surface area contributed by atoms with Gasteiger partial charge in [0, 0.05) is 12.7 Å². The molecule has 1 heterocycles. The van der Waals surface area contributed by atoms with Gasteiger partial charge in [0.05, 0.1) is 18.7 Å². The summed E-state index contributed by atoms with van der Waals surface area (Å²) < 4.78 is 29.5. The molecule has 1 aromatic carbocycles. The molecule has 0 bridgehead atoms. The summed E-state index contributed by atoms with van der Waals surface area (Å²) in [5.41, 5.74) is -0.179. The lowest BCUT2D eigenvalue weighted by atomic mass is 10.0. The summed E-state index contributed by atoms with van der Waals surface area (Å²) in [6.45, 7) is 5.42. The molecule has 0 aromatic heterocycles. The first kappa shape index (κ1) is 18.5. The Morgan fingerprint density at radius 3 is 2.75 bits per heavy atom. The molecule has 24 heavy (non-hydrogen) atoms. The molecule has 1 amide bonds. The molecule has 0 radical (unpaired) electrons. The van der Waals surface area contributed by atoms with Crippen molar-refractivity contribution in [3.05, 3.63) is 29.6 Å². The van der Waals surface area contributed by atoms with Crippen LogP contribution in [0.2, 0.25) is 0 Å². The lowest BCUT2D eigenvalue weighted by Gasteiger charge is -2.29. The fourth-order valence-electron chi connectivity index (χ4n) is 2.66. The lowest BCUT2D eigenvalue weighted by Crippen LogP contribution is -2.37. The Bertz CT molecular complexity index is 587. The van der Waals surface area contributed by atoms with Crippen LogP contribution >= 0.6 is 0 Å². The van der Waals surface area contributed by atoms with Crippen molar-refractivity contribution in [3.8, 4) is 5.75 Å². The fraction of sp³-hybridized carbons (Fsp3) is 0.588. The summed E-state index contributed by atoms with van der Waals surface area (Å²) >= 11 is 0. The van der Waals surface area contributed by atoms with Crippen molar-refractivity contribution in [2.45, 2.75) is 44.9 Å². The highest BCUT2D eigenvalue weighted by atomic mass is 19.1. The van der Waals surface area contributed by atoms with Gasteiger partial charge in [-0.3, -0.25) is 4.90 Å². The Morgan fingerprint density at radius 2 is 2.12 bits per heavy atom. The first-order valence-electron chi connectivity index (χ1n) is 7.80. The van der Waals surface area contributed by atoms with Crippen molar-refractivity contribution < 1.29 is 28.5 Å². The van der Waals surface area contributed by atoms with Gasteiger partial charge in [-0.05, 0) is 45.4 Å². The van der Waals surface area contributed by atoms with Crippen molar-refractivity contribution in [1.29, 1.82) is 0 Å². The predicted octanol–water partition coefficient (Wildman–Crippen LogP) is 2.85. The van der Waals surface area contributed by atoms with Crippen molar-refractivity contribution in [2.24, 2.45) is 0 Å². The third-order valence-electron chi connectivity index (χ3n) is 3.57. The van der Waals surface area contributed by atoms with Crippen LogP contribution < -0.4 is 4.74 Å². The van der Waals surface area contributed by atoms with Gasteiger partial charge in [0.1, 0.15) is 17.2 Å². The molecule has 1 unspecified atom stereocenters. The van der Waals surface area contributed by atoms with Crippen LogP contribution in [-0.4, -0.2) is 48.3 Å². The maximum absolute atomic E-state index is 13.7. The second-order valence-electron chi connectivity index (χ2n) is 6.77. The lowest BCUT2D eigenvalue weighted by molar-refractivity contribution is 0.0198. The average molecular weight is 341 g/mol. The molecule has 2 rings (SSSR count). The van der Waals surface area contributed by atoms with Gasteiger partial charge in [-0.2, -0.15) is 0 Å². The number of rotatable bonds is 4. The number of aliphatic hydroxyl groups is 1. The first-order valence-corrected chi connectivity index (χ1v) is 7.80. The molecule has 0 spiro atoms. The number of likely N-dealkylation sites (tertiary alicyclic amines) is 1. The fourth-order valence-corrected chi connectivity index (χ4v) is 2.66. The molecule has 134 valence electrons. The summed E-state index contributed by atoms with van der Waals surface area (Å²) in [4.78, 5) is 13.8. The largest absolute Gasteiger partial charge is 0.467 e. The zero-order valence-corrected chi connectivity index (χ0v) is 14.4. The Labute approximate surface area is 141 Å². The summed E-state index contributed by atoms with van der Waals surface area (Å²) in [6, 6.07) is 3.54. The molecule has 1 fully saturated rings. The molecule has 0 saturated carbocycles. The van der Waals surface area contributed by atoms with E-state index in [2.05, 4.69) is 0 Å². The highest BCUT2D eigenvalue weighted by Gasteiger charge is 2.39. The Balaban J connectivity index is 2.30. The van der Waals surface area contributed by atoms with Gasteiger partial charge in [0.25, 0.3) is 0 Å². The van der Waals surface area contributed by atoms with Crippen LogP contribution in [0.3, 0.4) is 0 Å². The molecule has 0 aliphatic carbocycles. The Hall–Kier alpha value is -1.86. The van der Waals surface area contributed by atoms with Crippen LogP contribution in [0.4, 0.5) is 9.18 Å². The van der Waals surface area contributed by atoms with Gasteiger partial charge < -0.3 is 19.3 Å². The number of methoxy groups -OCH3 is 1. The quantitative estimate of drug-likeness (QED) is 0.853. The van der Waals surface area contributed by atoms with Gasteiger partial charge in [-0.25, -0.2) is 9.18 Å². The highest BCUT2D eigenvalue weighted by Crippen LogP contribution is 2.38. The van der Waals surface area contributed by atoms with Crippen LogP contribution in [0.1, 0.15) is 38.8 Å². The zero-order chi connectivity index (χ0) is 17.9. The number of amides is 1. The summed E-state index contributed by atoms with van der Waals surface area (Å²) in [6.07, 6.45) is -0.974. The van der Waals surface area contributed by atoms with Gasteiger partial charge in [-0.1, -0.05) is 0 Å². The number of halogens is 1. The minimum atomic E-state index is -0.707. The SMILES string of the molecule is COCOc1ccc(F)cc1C1C[C@@H](O)CN1C(=O)OC(C)(C)C. The molecular formula is C17H24FNO5. The van der Waals surface area contributed by atoms with E-state index in [1.54, 1.807) is 20.8 Å². The molecule has 7 heteroatoms. The van der Waals surface area contributed by atoms with Gasteiger partial charge in [0.2, 0.25) is 0 Å². The Kier molecular flexibility index (Phi) is 5.66. The maximum atomic E-state index is 13.7. The van der Waals surface area contributed by atoms with Gasteiger partial charge >= 0.3 is 6.09 Å². The number of ether oxygens (including phenoxy) is 3. The van der Waals surface area contributed by atoms with E-state index in [-0.39, 0.29) is 19.8 Å². The number of carbonyl (C=O) groups excluding carboxylic acids is 1. The number of benzene rings is 1. The maximum Gasteiger partial charge on any atom is 0.410 e. The molecule has 1 aliphatic rings. The smallest absolute Gasteiger partial charge is 0.410 e. The number of hydrogen-bond acceptors (Lipinski definition) is 5. The molecule has 1 N–H and O–H groups in total. The van der Waals surface area contributed by atoms with Crippen molar-refractivity contribution in [2.75, 3.05) is 20.4 Å². The van der Waals surface area contributed by atoms with Crippen LogP contribution in [-0.2, 0) is 9.47 Å². The average Bonchev–Trinajstić information content (AvgIpc) is 2.86. The molecule has 1 saturated heterocycles. The number of hydrogen-bond donors (Lipinski definition) is 1. The molecule has 1 aliphatic heterocycles. The van der Waals surface area contributed by atoms with E-state index in [1.165, 1.54) is 30.2 Å². The van der Waals surface area contributed by atoms with Gasteiger partial charge in [0.15, 0.2) is 6.79 Å². The normalized spacial score (nSPS) is 21.0. The second kappa shape index (κ2) is 7.36. The van der Waals surface area contributed by atoms with Gasteiger partial charge in [-0.15, -0.1) is 0 Å². The van der Waals surface area contributed by atoms with Crippen LogP contribution in [0.25, 0.3) is 0 Å². The van der Waals surface area contributed by atoms with Crippen molar-refractivity contribution in [1.82, 2.24) is 4.90 Å². The highest BCUT2D eigenvalue weighted by molar-refractivity contribution is 5.69. The third-order valence-corrected chi connectivity index (χ3v) is 3.57. The number of nitrogens with zero attached hydrogens (tertiary/aromatic N) is 1. The van der Waals surface area contributed by atoms with E-state index in [9.17, 15) is 14.3 Å². The molecule has 2 atom stereocenters. The molecule has 6 nitrogen and oxygen atoms in total. The van der Waals surface area contributed by atoms with E-state index >= 15 is 0 Å². The monoisotopic (exact) mass is 341 g/mol. The van der Waals surface area contributed by atoms with E-state index in [0.717, 1.165) is 0 Å². The van der Waals surface area contributed by atoms with Crippen LogP contribution in [0.5, 0.6) is 5.75 Å². The summed E-state index contributed by atoms with van der Waals surface area (Å²) in [5.74, 6) is -0.0359. The number of β-amino-alcohol motifs (C(OH)–C–C–N with tert-alkyl or cyclic N) is 1. The Morgan fingerprint density at radius 1 is 1.42 bits per heavy atom. The van der Waals surface area contributed by atoms with Crippen LogP contribution in [0.15, 0.2) is 18.2 Å². The minimum Gasteiger partial charge on any atom is -0.467 e. The standard InChI is InChI=1S/C17H24FNO5/c1-17(2,3)24-16(21)19-9-12(20)8-14(19)13-7-11(18)5-6-15(13)23-10-22-4/h5-7,12,14,20H,8-10H2,1-4H3/t12-,14?/m1/s1. The van der Waals surface area contributed by atoms with E-state index < -0.39 is 29.7 Å². The van der Waals surface area contributed by atoms with E-state index in [4.69, 9.17) is 14.2 Å². The molecule has 1 aromatic rings. The van der Waals surface area contributed by atoms with Crippen LogP contribution in [0, 0.1) is 5.82 Å². The predicted molar refractivity (Wildman–Crippen MR) is 85.2 cm³/mol. The second-order valence-corrected chi connectivity index (χ2v) is 6.77. The van der Waals surface area contributed by atoms with Crippen molar-refractivity contribution in [3.63, 3.8) is 0 Å². The summed E-state index contributed by atoms with van der Waals surface area (Å²) in [5, 5.41) is 10.0. The molecular weight excluding hydrogens is 317 g/mol. The topological polar surface area (TPSA) is 68.2 Å². The number of carbonyl (C=O) groups is 1. The number of aliphatic hydroxyl groups excluding tert-OH is 1. The minimum absolute atomic E-state index is 0.000341. The van der Waals surface area contributed by atoms with E-state index in [1.807, 2.05) is 0 Å². The third kappa shape index (κ3) is 4.58. The zero-order valence-electron chi connectivity index (χ0n) is 14.4. The van der Waals surface area contributed by atoms with E-state index in [0.29, 0.717) is 11.3 Å².